The molecular formula is C17H20FN3O2. The van der Waals surface area contributed by atoms with Crippen molar-refractivity contribution in [1.82, 2.24) is 15.6 Å². The van der Waals surface area contributed by atoms with Gasteiger partial charge in [-0.25, -0.2) is 14.2 Å². The highest BCUT2D eigenvalue weighted by Crippen LogP contribution is 2.19. The van der Waals surface area contributed by atoms with Gasteiger partial charge in [0.1, 0.15) is 11.6 Å². The van der Waals surface area contributed by atoms with Gasteiger partial charge < -0.3 is 15.4 Å². The lowest BCUT2D eigenvalue weighted by molar-refractivity contribution is 0.239. The predicted octanol–water partition coefficient (Wildman–Crippen LogP) is 3.47. The maximum atomic E-state index is 13.1. The van der Waals surface area contributed by atoms with E-state index in [0.717, 1.165) is 5.56 Å². The number of pyridine rings is 1. The minimum absolute atomic E-state index is 0.209. The molecule has 0 aliphatic rings. The van der Waals surface area contributed by atoms with Gasteiger partial charge in [0.25, 0.3) is 0 Å². The number of benzene rings is 1. The molecule has 122 valence electrons. The molecule has 0 spiro atoms. The highest BCUT2D eigenvalue weighted by atomic mass is 19.1. The van der Waals surface area contributed by atoms with Crippen LogP contribution in [0.1, 0.15) is 19.4 Å². The summed E-state index contributed by atoms with van der Waals surface area (Å²) in [6.45, 7) is 5.06. The third-order valence-corrected chi connectivity index (χ3v) is 2.94. The summed E-state index contributed by atoms with van der Waals surface area (Å²) in [6.07, 6.45) is 1.61. The first-order valence-electron chi connectivity index (χ1n) is 7.43. The summed E-state index contributed by atoms with van der Waals surface area (Å²) in [7, 11) is 0. The van der Waals surface area contributed by atoms with Crippen LogP contribution < -0.4 is 15.4 Å². The van der Waals surface area contributed by atoms with Crippen molar-refractivity contribution in [2.24, 2.45) is 5.92 Å². The second-order valence-corrected chi connectivity index (χ2v) is 5.52. The Hall–Kier alpha value is -2.63. The second-order valence-electron chi connectivity index (χ2n) is 5.52. The highest BCUT2D eigenvalue weighted by Gasteiger charge is 2.03. The lowest BCUT2D eigenvalue weighted by atomic mass is 10.2. The molecule has 0 fully saturated rings. The number of amides is 2. The van der Waals surface area contributed by atoms with Crippen LogP contribution >= 0.6 is 0 Å². The normalized spacial score (nSPS) is 10.4. The molecule has 5 nitrogen and oxygen atoms in total. The molecule has 2 amide bonds. The molecule has 0 atom stereocenters. The summed E-state index contributed by atoms with van der Waals surface area (Å²) in [5.41, 5.74) is 0.844. The molecule has 0 aliphatic carbocycles. The van der Waals surface area contributed by atoms with E-state index in [1.807, 2.05) is 13.8 Å². The Morgan fingerprint density at radius 1 is 1.26 bits per heavy atom. The number of carbonyl (C=O) groups excluding carboxylic acids is 1. The van der Waals surface area contributed by atoms with Crippen LogP contribution in [0.2, 0.25) is 0 Å². The van der Waals surface area contributed by atoms with E-state index in [1.54, 1.807) is 30.5 Å². The van der Waals surface area contributed by atoms with Gasteiger partial charge >= 0.3 is 6.03 Å². The molecular weight excluding hydrogens is 297 g/mol. The van der Waals surface area contributed by atoms with Crippen LogP contribution in [-0.2, 0) is 6.54 Å². The third-order valence-electron chi connectivity index (χ3n) is 2.94. The summed E-state index contributed by atoms with van der Waals surface area (Å²) in [5.74, 6) is 0.789. The molecule has 0 aliphatic heterocycles. The van der Waals surface area contributed by atoms with Gasteiger partial charge in [-0.15, -0.1) is 0 Å². The summed E-state index contributed by atoms with van der Waals surface area (Å²) in [6, 6.07) is 9.12. The van der Waals surface area contributed by atoms with E-state index in [0.29, 0.717) is 30.6 Å². The maximum Gasteiger partial charge on any atom is 0.315 e. The van der Waals surface area contributed by atoms with Gasteiger partial charge in [0.05, 0.1) is 0 Å². The third kappa shape index (κ3) is 5.94. The van der Waals surface area contributed by atoms with Crippen molar-refractivity contribution < 1.29 is 13.9 Å². The van der Waals surface area contributed by atoms with Crippen molar-refractivity contribution in [2.45, 2.75) is 20.4 Å². The number of nitrogens with one attached hydrogen (secondary N) is 2. The summed E-state index contributed by atoms with van der Waals surface area (Å²) in [4.78, 5) is 15.7. The van der Waals surface area contributed by atoms with Crippen LogP contribution in [0.25, 0.3) is 0 Å². The van der Waals surface area contributed by atoms with E-state index in [9.17, 15) is 9.18 Å². The molecule has 23 heavy (non-hydrogen) atoms. The molecule has 0 unspecified atom stereocenters. The minimum Gasteiger partial charge on any atom is -0.439 e. The number of ether oxygens (including phenoxy) is 1. The fraction of sp³-hybridized carbons (Fsp3) is 0.294. The maximum absolute atomic E-state index is 13.1. The van der Waals surface area contributed by atoms with Crippen molar-refractivity contribution in [2.75, 3.05) is 6.54 Å². The molecule has 0 radical (unpaired) electrons. The topological polar surface area (TPSA) is 63.2 Å². The molecule has 1 aromatic carbocycles. The second kappa shape index (κ2) is 8.12. The Morgan fingerprint density at radius 3 is 2.74 bits per heavy atom. The Labute approximate surface area is 134 Å². The predicted molar refractivity (Wildman–Crippen MR) is 85.8 cm³/mol. The van der Waals surface area contributed by atoms with E-state index < -0.39 is 0 Å². The summed E-state index contributed by atoms with van der Waals surface area (Å²) in [5, 5.41) is 5.52. The molecule has 2 N–H and O–H groups in total. The van der Waals surface area contributed by atoms with Crippen molar-refractivity contribution in [1.29, 1.82) is 0 Å². The fourth-order valence-corrected chi connectivity index (χ4v) is 1.77. The highest BCUT2D eigenvalue weighted by molar-refractivity contribution is 5.73. The zero-order chi connectivity index (χ0) is 16.7. The van der Waals surface area contributed by atoms with E-state index in [-0.39, 0.29) is 11.8 Å². The smallest absolute Gasteiger partial charge is 0.315 e. The van der Waals surface area contributed by atoms with Gasteiger partial charge in [0.15, 0.2) is 0 Å². The van der Waals surface area contributed by atoms with Crippen LogP contribution in [0.5, 0.6) is 11.6 Å². The molecule has 0 saturated carbocycles. The lowest BCUT2D eigenvalue weighted by Crippen LogP contribution is -2.37. The zero-order valence-corrected chi connectivity index (χ0v) is 13.2. The Bertz CT molecular complexity index is 645. The van der Waals surface area contributed by atoms with Crippen molar-refractivity contribution >= 4 is 6.03 Å². The number of halogens is 1. The van der Waals surface area contributed by atoms with Gasteiger partial charge in [-0.2, -0.15) is 0 Å². The Balaban J connectivity index is 1.83. The van der Waals surface area contributed by atoms with Crippen LogP contribution in [0.3, 0.4) is 0 Å². The number of nitrogens with zero attached hydrogens (tertiary/aromatic N) is 1. The van der Waals surface area contributed by atoms with Crippen molar-refractivity contribution in [3.63, 3.8) is 0 Å². The zero-order valence-electron chi connectivity index (χ0n) is 13.2. The van der Waals surface area contributed by atoms with Crippen molar-refractivity contribution in [3.05, 3.63) is 54.0 Å². The van der Waals surface area contributed by atoms with Gasteiger partial charge in [-0.1, -0.05) is 26.0 Å². The Kier molecular flexibility index (Phi) is 5.91. The van der Waals surface area contributed by atoms with Gasteiger partial charge in [0.2, 0.25) is 5.88 Å². The average Bonchev–Trinajstić information content (AvgIpc) is 2.52. The molecule has 6 heteroatoms. The molecule has 0 bridgehead atoms. The Morgan fingerprint density at radius 2 is 2.09 bits per heavy atom. The van der Waals surface area contributed by atoms with Gasteiger partial charge in [-0.3, -0.25) is 0 Å². The first-order chi connectivity index (χ1) is 11.0. The summed E-state index contributed by atoms with van der Waals surface area (Å²) >= 11 is 0. The SMILES string of the molecule is CC(C)CNC(=O)NCc1ccc(Oc2cccc(F)c2)nc1. The van der Waals surface area contributed by atoms with Crippen molar-refractivity contribution in [3.8, 4) is 11.6 Å². The summed E-state index contributed by atoms with van der Waals surface area (Å²) < 4.78 is 18.5. The van der Waals surface area contributed by atoms with Gasteiger partial charge in [-0.05, 0) is 23.6 Å². The molecule has 0 saturated heterocycles. The first-order valence-corrected chi connectivity index (χ1v) is 7.43. The minimum atomic E-state index is -0.365. The number of urea groups is 1. The number of rotatable bonds is 6. The van der Waals surface area contributed by atoms with Crippen LogP contribution in [0.4, 0.5) is 9.18 Å². The largest absolute Gasteiger partial charge is 0.439 e. The van der Waals surface area contributed by atoms with E-state index >= 15 is 0 Å². The van der Waals surface area contributed by atoms with E-state index in [2.05, 4.69) is 15.6 Å². The standard InChI is InChI=1S/C17H20FN3O2/c1-12(2)9-20-17(22)21-11-13-6-7-16(19-10-13)23-15-5-3-4-14(18)8-15/h3-8,10,12H,9,11H2,1-2H3,(H2,20,21,22). The lowest BCUT2D eigenvalue weighted by Gasteiger charge is -2.09. The molecule has 1 heterocycles. The van der Waals surface area contributed by atoms with Crippen LogP contribution in [0, 0.1) is 11.7 Å². The van der Waals surface area contributed by atoms with Gasteiger partial charge in [0, 0.05) is 31.4 Å². The van der Waals surface area contributed by atoms with Crippen LogP contribution in [-0.4, -0.2) is 17.6 Å². The van der Waals surface area contributed by atoms with E-state index in [1.165, 1.54) is 12.1 Å². The quantitative estimate of drug-likeness (QED) is 0.857. The number of hydrogen-bond donors (Lipinski definition) is 2. The molecule has 1 aromatic heterocycles. The first kappa shape index (κ1) is 16.7. The molecule has 2 rings (SSSR count). The average molecular weight is 317 g/mol. The fourth-order valence-electron chi connectivity index (χ4n) is 1.77. The van der Waals surface area contributed by atoms with E-state index in [4.69, 9.17) is 4.74 Å². The molecule has 2 aromatic rings. The monoisotopic (exact) mass is 317 g/mol. The number of aromatic nitrogens is 1. The number of carbonyl (C=O) groups is 1. The van der Waals surface area contributed by atoms with Crippen LogP contribution in [0.15, 0.2) is 42.6 Å². The number of hydrogen-bond acceptors (Lipinski definition) is 3.